The van der Waals surface area contributed by atoms with Gasteiger partial charge < -0.3 is 0 Å². The third-order valence-electron chi connectivity index (χ3n) is 2.56. The molecule has 0 bridgehead atoms. The van der Waals surface area contributed by atoms with E-state index in [1.165, 1.54) is 24.4 Å². The summed E-state index contributed by atoms with van der Waals surface area (Å²) in [6.07, 6.45) is -2.46. The Balaban J connectivity index is 2.03. The van der Waals surface area contributed by atoms with E-state index in [2.05, 4.69) is 15.5 Å². The molecule has 0 saturated carbocycles. The summed E-state index contributed by atoms with van der Waals surface area (Å²) in [6.45, 7) is 0. The number of hydrazone groups is 1. The summed E-state index contributed by atoms with van der Waals surface area (Å²) in [7, 11) is 0. The molecule has 0 saturated heterocycles. The summed E-state index contributed by atoms with van der Waals surface area (Å²) in [4.78, 5) is 13.6. The van der Waals surface area contributed by atoms with Crippen molar-refractivity contribution >= 4 is 17.7 Å². The maximum atomic E-state index is 12.4. The number of non-ortho nitro benzene ring substituents is 1. The lowest BCUT2D eigenvalue weighted by molar-refractivity contribution is -0.384. The van der Waals surface area contributed by atoms with Gasteiger partial charge in [0.1, 0.15) is 5.82 Å². The summed E-state index contributed by atoms with van der Waals surface area (Å²) < 4.78 is 37.1. The Morgan fingerprint density at radius 2 is 2.05 bits per heavy atom. The Labute approximate surface area is 122 Å². The monoisotopic (exact) mass is 310 g/mol. The minimum atomic E-state index is -4.45. The average molecular weight is 310 g/mol. The molecule has 9 heteroatoms. The van der Waals surface area contributed by atoms with Gasteiger partial charge in [-0.15, -0.1) is 0 Å². The van der Waals surface area contributed by atoms with Crippen molar-refractivity contribution in [1.29, 1.82) is 0 Å². The van der Waals surface area contributed by atoms with E-state index in [1.807, 2.05) is 0 Å². The highest BCUT2D eigenvalue weighted by Crippen LogP contribution is 2.28. The molecule has 0 radical (unpaired) electrons. The third-order valence-corrected chi connectivity index (χ3v) is 2.56. The summed E-state index contributed by atoms with van der Waals surface area (Å²) in [5, 5.41) is 14.4. The van der Waals surface area contributed by atoms with Crippen LogP contribution in [0.2, 0.25) is 0 Å². The molecule has 0 amide bonds. The first-order valence-electron chi connectivity index (χ1n) is 5.93. The lowest BCUT2D eigenvalue weighted by Crippen LogP contribution is -2.05. The topological polar surface area (TPSA) is 80.4 Å². The number of nitrogens with one attached hydrogen (secondary N) is 1. The highest BCUT2D eigenvalue weighted by molar-refractivity contribution is 5.81. The number of nitro benzene ring substituents is 1. The van der Waals surface area contributed by atoms with Crippen molar-refractivity contribution in [3.05, 3.63) is 63.8 Å². The fraction of sp³-hybridized carbons (Fsp3) is 0.0769. The minimum Gasteiger partial charge on any atom is -0.261 e. The molecule has 1 aromatic heterocycles. The molecule has 2 rings (SSSR count). The zero-order chi connectivity index (χ0) is 16.2. The van der Waals surface area contributed by atoms with E-state index in [0.717, 1.165) is 12.1 Å². The number of rotatable bonds is 4. The summed E-state index contributed by atoms with van der Waals surface area (Å²) in [5.41, 5.74) is 1.96. The van der Waals surface area contributed by atoms with Crippen molar-refractivity contribution < 1.29 is 18.1 Å². The molecule has 0 atom stereocenters. The summed E-state index contributed by atoms with van der Waals surface area (Å²) >= 11 is 0. The van der Waals surface area contributed by atoms with E-state index in [0.29, 0.717) is 11.8 Å². The number of benzene rings is 1. The number of alkyl halides is 3. The van der Waals surface area contributed by atoms with Crippen molar-refractivity contribution in [2.24, 2.45) is 5.10 Å². The number of nitro groups is 1. The van der Waals surface area contributed by atoms with Crippen molar-refractivity contribution in [3.63, 3.8) is 0 Å². The van der Waals surface area contributed by atoms with E-state index < -0.39 is 16.7 Å². The molecule has 0 fully saturated rings. The highest BCUT2D eigenvalue weighted by atomic mass is 19.4. The van der Waals surface area contributed by atoms with Crippen LogP contribution in [0.1, 0.15) is 11.1 Å². The predicted octanol–water partition coefficient (Wildman–Crippen LogP) is 3.45. The Bertz CT molecular complexity index is 699. The van der Waals surface area contributed by atoms with Crippen molar-refractivity contribution in [3.8, 4) is 0 Å². The van der Waals surface area contributed by atoms with Crippen LogP contribution < -0.4 is 5.43 Å². The molecule has 0 spiro atoms. The second-order valence-corrected chi connectivity index (χ2v) is 4.15. The number of halogens is 3. The van der Waals surface area contributed by atoms with Gasteiger partial charge in [-0.2, -0.15) is 18.3 Å². The van der Waals surface area contributed by atoms with E-state index in [9.17, 15) is 23.3 Å². The van der Waals surface area contributed by atoms with Crippen LogP contribution >= 0.6 is 0 Å². The SMILES string of the molecule is O=[N+]([O-])c1cccc(/C=N/Nc2ccc(C(F)(F)F)cn2)c1. The van der Waals surface area contributed by atoms with E-state index in [4.69, 9.17) is 0 Å². The number of hydrogen-bond acceptors (Lipinski definition) is 5. The largest absolute Gasteiger partial charge is 0.417 e. The van der Waals surface area contributed by atoms with Gasteiger partial charge in [0.25, 0.3) is 5.69 Å². The third kappa shape index (κ3) is 4.01. The first kappa shape index (κ1) is 15.4. The lowest BCUT2D eigenvalue weighted by atomic mass is 10.2. The highest BCUT2D eigenvalue weighted by Gasteiger charge is 2.30. The van der Waals surface area contributed by atoms with Crippen LogP contribution in [0.5, 0.6) is 0 Å². The molecule has 0 aliphatic carbocycles. The van der Waals surface area contributed by atoms with Crippen LogP contribution in [0.15, 0.2) is 47.7 Å². The molecule has 1 heterocycles. The van der Waals surface area contributed by atoms with Crippen molar-refractivity contribution in [2.45, 2.75) is 6.18 Å². The quantitative estimate of drug-likeness (QED) is 0.533. The van der Waals surface area contributed by atoms with Gasteiger partial charge in [0.2, 0.25) is 0 Å². The van der Waals surface area contributed by atoms with Gasteiger partial charge in [0.05, 0.1) is 16.7 Å². The maximum absolute atomic E-state index is 12.4. The molecular formula is C13H9F3N4O2. The van der Waals surface area contributed by atoms with Crippen molar-refractivity contribution in [1.82, 2.24) is 4.98 Å². The average Bonchev–Trinajstić information content (AvgIpc) is 2.47. The molecule has 0 unspecified atom stereocenters. The predicted molar refractivity (Wildman–Crippen MR) is 73.6 cm³/mol. The Morgan fingerprint density at radius 1 is 1.27 bits per heavy atom. The fourth-order valence-corrected chi connectivity index (χ4v) is 1.52. The van der Waals surface area contributed by atoms with Crippen LogP contribution in [-0.2, 0) is 6.18 Å². The first-order valence-corrected chi connectivity index (χ1v) is 5.93. The van der Waals surface area contributed by atoms with Crippen molar-refractivity contribution in [2.75, 3.05) is 5.43 Å². The molecular weight excluding hydrogens is 301 g/mol. The van der Waals surface area contributed by atoms with Crippen LogP contribution in [0.4, 0.5) is 24.7 Å². The van der Waals surface area contributed by atoms with Gasteiger partial charge in [-0.25, -0.2) is 4.98 Å². The molecule has 1 aromatic carbocycles. The van der Waals surface area contributed by atoms with Crippen LogP contribution in [0.3, 0.4) is 0 Å². The number of anilines is 1. The van der Waals surface area contributed by atoms with E-state index in [-0.39, 0.29) is 11.5 Å². The van der Waals surface area contributed by atoms with Gasteiger partial charge in [0.15, 0.2) is 0 Å². The van der Waals surface area contributed by atoms with Gasteiger partial charge in [-0.3, -0.25) is 15.5 Å². The molecule has 0 aliphatic rings. The van der Waals surface area contributed by atoms with Gasteiger partial charge in [-0.1, -0.05) is 12.1 Å². The van der Waals surface area contributed by atoms with E-state index in [1.54, 1.807) is 6.07 Å². The van der Waals surface area contributed by atoms with Gasteiger partial charge in [-0.05, 0) is 12.1 Å². The number of aromatic nitrogens is 1. The zero-order valence-electron chi connectivity index (χ0n) is 10.9. The van der Waals surface area contributed by atoms with Crippen LogP contribution in [0.25, 0.3) is 0 Å². The molecule has 114 valence electrons. The fourth-order valence-electron chi connectivity index (χ4n) is 1.52. The smallest absolute Gasteiger partial charge is 0.261 e. The van der Waals surface area contributed by atoms with Crippen LogP contribution in [-0.4, -0.2) is 16.1 Å². The second kappa shape index (κ2) is 6.20. The maximum Gasteiger partial charge on any atom is 0.417 e. The molecule has 1 N–H and O–H groups in total. The number of pyridine rings is 1. The second-order valence-electron chi connectivity index (χ2n) is 4.15. The molecule has 6 nitrogen and oxygen atoms in total. The normalized spacial score (nSPS) is 11.6. The standard InChI is InChI=1S/C13H9F3N4O2/c14-13(15,16)10-4-5-12(17-8-10)19-18-7-9-2-1-3-11(6-9)20(21)22/h1-8H,(H,17,19)/b18-7+. The van der Waals surface area contributed by atoms with Gasteiger partial charge in [0, 0.05) is 23.9 Å². The van der Waals surface area contributed by atoms with Gasteiger partial charge >= 0.3 is 6.18 Å². The van der Waals surface area contributed by atoms with E-state index >= 15 is 0 Å². The lowest BCUT2D eigenvalue weighted by Gasteiger charge is -2.06. The summed E-state index contributed by atoms with van der Waals surface area (Å²) in [5.74, 6) is 0.120. The Hall–Kier alpha value is -2.97. The zero-order valence-corrected chi connectivity index (χ0v) is 10.9. The Kier molecular flexibility index (Phi) is 4.35. The summed E-state index contributed by atoms with van der Waals surface area (Å²) in [6, 6.07) is 7.74. The molecule has 0 aliphatic heterocycles. The first-order chi connectivity index (χ1) is 10.4. The van der Waals surface area contributed by atoms with Crippen LogP contribution in [0, 0.1) is 10.1 Å². The number of hydrogen-bond donors (Lipinski definition) is 1. The molecule has 2 aromatic rings. The number of nitrogens with zero attached hydrogens (tertiary/aromatic N) is 3. The molecule has 22 heavy (non-hydrogen) atoms. The Morgan fingerprint density at radius 3 is 2.64 bits per heavy atom. The minimum absolute atomic E-state index is 0.0865.